The first-order valence-corrected chi connectivity index (χ1v) is 6.07. The van der Waals surface area contributed by atoms with E-state index in [2.05, 4.69) is 9.97 Å². The molecule has 74 valence electrons. The molecule has 0 spiro atoms. The van der Waals surface area contributed by atoms with E-state index in [1.54, 1.807) is 18.0 Å². The smallest absolute Gasteiger partial charge is 0.166 e. The van der Waals surface area contributed by atoms with Crippen LogP contribution in [-0.4, -0.2) is 22.0 Å². The molecule has 0 N–H and O–H groups in total. The molecule has 0 bridgehead atoms. The Kier molecular flexibility index (Phi) is 2.82. The molecule has 4 heteroatoms. The van der Waals surface area contributed by atoms with Crippen LogP contribution in [-0.2, 0) is 12.2 Å². The highest BCUT2D eigenvalue weighted by atomic mass is 32.2. The predicted octanol–water partition coefficient (Wildman–Crippen LogP) is 1.86. The Hall–Kier alpha value is -0.900. The topological polar surface area (TPSA) is 42.9 Å². The SMILES string of the molecule is CSCc1ncc2c(n1)CCCC2=O. The van der Waals surface area contributed by atoms with E-state index in [1.807, 2.05) is 6.26 Å². The molecule has 1 aliphatic rings. The van der Waals surface area contributed by atoms with E-state index in [9.17, 15) is 4.79 Å². The first-order valence-electron chi connectivity index (χ1n) is 4.68. The number of thioether (sulfide) groups is 1. The summed E-state index contributed by atoms with van der Waals surface area (Å²) in [7, 11) is 0. The van der Waals surface area contributed by atoms with E-state index >= 15 is 0 Å². The van der Waals surface area contributed by atoms with Gasteiger partial charge < -0.3 is 0 Å². The van der Waals surface area contributed by atoms with Crippen LogP contribution in [0, 0.1) is 0 Å². The zero-order chi connectivity index (χ0) is 9.97. The van der Waals surface area contributed by atoms with Gasteiger partial charge >= 0.3 is 0 Å². The highest BCUT2D eigenvalue weighted by Crippen LogP contribution is 2.19. The number of fused-ring (bicyclic) bond motifs is 1. The minimum atomic E-state index is 0.196. The number of hydrogen-bond acceptors (Lipinski definition) is 4. The Morgan fingerprint density at radius 3 is 3.14 bits per heavy atom. The molecule has 0 unspecified atom stereocenters. The zero-order valence-electron chi connectivity index (χ0n) is 8.12. The molecule has 0 radical (unpaired) electrons. The van der Waals surface area contributed by atoms with Gasteiger partial charge in [0.05, 0.1) is 17.0 Å². The fraction of sp³-hybridized carbons (Fsp3) is 0.500. The molecule has 0 atom stereocenters. The van der Waals surface area contributed by atoms with Gasteiger partial charge in [-0.3, -0.25) is 4.79 Å². The summed E-state index contributed by atoms with van der Waals surface area (Å²) in [6.45, 7) is 0. The maximum absolute atomic E-state index is 11.5. The molecule has 0 amide bonds. The van der Waals surface area contributed by atoms with Crippen molar-refractivity contribution in [3.63, 3.8) is 0 Å². The maximum atomic E-state index is 11.5. The van der Waals surface area contributed by atoms with Crippen molar-refractivity contribution in [2.75, 3.05) is 6.26 Å². The van der Waals surface area contributed by atoms with Gasteiger partial charge in [-0.15, -0.1) is 0 Å². The van der Waals surface area contributed by atoms with E-state index in [4.69, 9.17) is 0 Å². The fourth-order valence-electron chi connectivity index (χ4n) is 1.63. The quantitative estimate of drug-likeness (QED) is 0.744. The summed E-state index contributed by atoms with van der Waals surface area (Å²) in [6.07, 6.45) is 6.22. The molecule has 0 saturated heterocycles. The van der Waals surface area contributed by atoms with Gasteiger partial charge in [0, 0.05) is 12.6 Å². The number of hydrogen-bond donors (Lipinski definition) is 0. The molecular formula is C10H12N2OS. The standard InChI is InChI=1S/C10H12N2OS/c1-14-6-10-11-5-7-8(12-10)3-2-4-9(7)13/h5H,2-4,6H2,1H3. The van der Waals surface area contributed by atoms with Crippen molar-refractivity contribution >= 4 is 17.5 Å². The second-order valence-corrected chi connectivity index (χ2v) is 4.22. The average Bonchev–Trinajstić information content (AvgIpc) is 2.18. The van der Waals surface area contributed by atoms with Crippen molar-refractivity contribution in [3.8, 4) is 0 Å². The van der Waals surface area contributed by atoms with Crippen LogP contribution >= 0.6 is 11.8 Å². The molecule has 2 rings (SSSR count). The number of aryl methyl sites for hydroxylation is 1. The Bertz CT molecular complexity index is 365. The van der Waals surface area contributed by atoms with E-state index in [0.717, 1.165) is 35.7 Å². The molecule has 0 aromatic carbocycles. The van der Waals surface area contributed by atoms with Crippen molar-refractivity contribution < 1.29 is 4.79 Å². The monoisotopic (exact) mass is 208 g/mol. The number of rotatable bonds is 2. The molecule has 3 nitrogen and oxygen atoms in total. The van der Waals surface area contributed by atoms with Crippen LogP contribution < -0.4 is 0 Å². The molecule has 1 aromatic rings. The van der Waals surface area contributed by atoms with Gasteiger partial charge in [0.1, 0.15) is 5.82 Å². The van der Waals surface area contributed by atoms with Gasteiger partial charge in [-0.1, -0.05) is 0 Å². The van der Waals surface area contributed by atoms with E-state index < -0.39 is 0 Å². The molecule has 1 aliphatic carbocycles. The van der Waals surface area contributed by atoms with Crippen LogP contribution in [0.5, 0.6) is 0 Å². The van der Waals surface area contributed by atoms with E-state index in [0.29, 0.717) is 6.42 Å². The fourth-order valence-corrected chi connectivity index (χ4v) is 2.03. The summed E-state index contributed by atoms with van der Waals surface area (Å²) in [4.78, 5) is 20.0. The normalized spacial score (nSPS) is 15.4. The number of ketones is 1. The summed E-state index contributed by atoms with van der Waals surface area (Å²) in [5.41, 5.74) is 1.68. The van der Waals surface area contributed by atoms with Gasteiger partial charge in [0.25, 0.3) is 0 Å². The predicted molar refractivity (Wildman–Crippen MR) is 56.5 cm³/mol. The number of nitrogens with zero attached hydrogens (tertiary/aromatic N) is 2. The number of carbonyl (C=O) groups is 1. The van der Waals surface area contributed by atoms with Gasteiger partial charge in [0.15, 0.2) is 5.78 Å². The van der Waals surface area contributed by atoms with Crippen LogP contribution in [0.25, 0.3) is 0 Å². The second kappa shape index (κ2) is 4.09. The third-order valence-electron chi connectivity index (χ3n) is 2.31. The van der Waals surface area contributed by atoms with Crippen LogP contribution in [0.1, 0.15) is 34.7 Å². The summed E-state index contributed by atoms with van der Waals surface area (Å²) in [6, 6.07) is 0. The van der Waals surface area contributed by atoms with E-state index in [-0.39, 0.29) is 5.78 Å². The average molecular weight is 208 g/mol. The minimum Gasteiger partial charge on any atom is -0.294 e. The second-order valence-electron chi connectivity index (χ2n) is 3.36. The molecular weight excluding hydrogens is 196 g/mol. The zero-order valence-corrected chi connectivity index (χ0v) is 8.93. The Morgan fingerprint density at radius 1 is 1.50 bits per heavy atom. The van der Waals surface area contributed by atoms with Crippen molar-refractivity contribution in [1.82, 2.24) is 9.97 Å². The van der Waals surface area contributed by atoms with Crippen LogP contribution in [0.15, 0.2) is 6.20 Å². The third-order valence-corrected chi connectivity index (χ3v) is 2.86. The van der Waals surface area contributed by atoms with Gasteiger partial charge in [-0.2, -0.15) is 11.8 Å². The van der Waals surface area contributed by atoms with Gasteiger partial charge in [-0.05, 0) is 19.1 Å². The molecule has 0 aliphatic heterocycles. The van der Waals surface area contributed by atoms with Gasteiger partial charge in [-0.25, -0.2) is 9.97 Å². The van der Waals surface area contributed by atoms with Crippen molar-refractivity contribution in [2.24, 2.45) is 0 Å². The Balaban J connectivity index is 2.34. The lowest BCUT2D eigenvalue weighted by molar-refractivity contribution is 0.0971. The molecule has 1 heterocycles. The molecule has 1 aromatic heterocycles. The van der Waals surface area contributed by atoms with Crippen molar-refractivity contribution in [3.05, 3.63) is 23.3 Å². The lowest BCUT2D eigenvalue weighted by Crippen LogP contribution is -2.14. The maximum Gasteiger partial charge on any atom is 0.166 e. The number of aromatic nitrogens is 2. The Morgan fingerprint density at radius 2 is 2.36 bits per heavy atom. The molecule has 0 fully saturated rings. The number of Topliss-reactive ketones (excluding diaryl/α,β-unsaturated/α-hetero) is 1. The molecule has 0 saturated carbocycles. The lowest BCUT2D eigenvalue weighted by Gasteiger charge is -2.13. The number of carbonyl (C=O) groups excluding carboxylic acids is 1. The first kappa shape index (κ1) is 9.65. The van der Waals surface area contributed by atoms with Crippen molar-refractivity contribution in [2.45, 2.75) is 25.0 Å². The van der Waals surface area contributed by atoms with Crippen LogP contribution in [0.2, 0.25) is 0 Å². The third kappa shape index (κ3) is 1.80. The largest absolute Gasteiger partial charge is 0.294 e. The summed E-state index contributed by atoms with van der Waals surface area (Å²) in [5.74, 6) is 1.86. The first-order chi connectivity index (χ1) is 6.81. The Labute approximate surface area is 87.3 Å². The summed E-state index contributed by atoms with van der Waals surface area (Å²) >= 11 is 1.70. The summed E-state index contributed by atoms with van der Waals surface area (Å²) in [5, 5.41) is 0. The van der Waals surface area contributed by atoms with Crippen LogP contribution in [0.3, 0.4) is 0 Å². The molecule has 14 heavy (non-hydrogen) atoms. The van der Waals surface area contributed by atoms with Gasteiger partial charge in [0.2, 0.25) is 0 Å². The van der Waals surface area contributed by atoms with Crippen molar-refractivity contribution in [1.29, 1.82) is 0 Å². The highest BCUT2D eigenvalue weighted by molar-refractivity contribution is 7.97. The van der Waals surface area contributed by atoms with E-state index in [1.165, 1.54) is 0 Å². The van der Waals surface area contributed by atoms with Crippen LogP contribution in [0.4, 0.5) is 0 Å². The summed E-state index contributed by atoms with van der Waals surface area (Å²) < 4.78 is 0. The minimum absolute atomic E-state index is 0.196. The lowest BCUT2D eigenvalue weighted by atomic mass is 9.96. The highest BCUT2D eigenvalue weighted by Gasteiger charge is 2.18.